The van der Waals surface area contributed by atoms with Gasteiger partial charge in [-0.2, -0.15) is 0 Å². The molecule has 0 spiro atoms. The molecule has 0 bridgehead atoms. The molecule has 0 heterocycles. The highest BCUT2D eigenvalue weighted by Gasteiger charge is 2.38. The second kappa shape index (κ2) is 7.46. The fourth-order valence-electron chi connectivity index (χ4n) is 4.68. The van der Waals surface area contributed by atoms with Gasteiger partial charge in [0.25, 0.3) is 0 Å². The topological polar surface area (TPSA) is 57.5 Å². The highest BCUT2D eigenvalue weighted by atomic mass is 31.2. The second-order valence-electron chi connectivity index (χ2n) is 7.59. The fraction of sp³-hybridized carbons (Fsp3) is 0.684. The zero-order valence-electron chi connectivity index (χ0n) is 14.6. The van der Waals surface area contributed by atoms with Crippen molar-refractivity contribution < 1.29 is 23.1 Å². The number of rotatable bonds is 3. The van der Waals surface area contributed by atoms with E-state index in [2.05, 4.69) is 0 Å². The van der Waals surface area contributed by atoms with Crippen LogP contribution in [0.15, 0.2) is 12.1 Å². The van der Waals surface area contributed by atoms with Gasteiger partial charge < -0.3 is 9.79 Å². The summed E-state index contributed by atoms with van der Waals surface area (Å²) in [4.78, 5) is 19.9. The summed E-state index contributed by atoms with van der Waals surface area (Å²) in [7, 11) is -4.57. The van der Waals surface area contributed by atoms with Crippen LogP contribution in [0.25, 0.3) is 0 Å². The molecule has 1 aromatic rings. The Morgan fingerprint density at radius 1 is 0.920 bits per heavy atom. The fourth-order valence-corrected chi connectivity index (χ4v) is 5.82. The zero-order chi connectivity index (χ0) is 18.2. The average molecular weight is 372 g/mol. The van der Waals surface area contributed by atoms with Crippen molar-refractivity contribution in [1.29, 1.82) is 0 Å². The third-order valence-corrected chi connectivity index (χ3v) is 7.05. The first-order valence-corrected chi connectivity index (χ1v) is 10.9. The minimum Gasteiger partial charge on any atom is -0.321 e. The van der Waals surface area contributed by atoms with Gasteiger partial charge >= 0.3 is 7.60 Å². The standard InChI is InChI=1S/C19H27F2O3P/c1-12-10-11-14(13-6-2-4-8-16(13)20)18(19(12)25(22,23)24)15-7-3-5-9-17(15)21/h10-11,13,15-17H,2-9H2,1H3,(H2,22,23,24). The lowest BCUT2D eigenvalue weighted by Gasteiger charge is -2.35. The van der Waals surface area contributed by atoms with E-state index in [1.165, 1.54) is 0 Å². The van der Waals surface area contributed by atoms with Gasteiger partial charge in [0.1, 0.15) is 12.3 Å². The normalized spacial score (nSPS) is 31.1. The maximum absolute atomic E-state index is 14.7. The first-order chi connectivity index (χ1) is 11.8. The molecule has 0 saturated heterocycles. The first kappa shape index (κ1) is 19.0. The van der Waals surface area contributed by atoms with Crippen molar-refractivity contribution in [3.63, 3.8) is 0 Å². The van der Waals surface area contributed by atoms with E-state index in [4.69, 9.17) is 0 Å². The number of aryl methyl sites for hydroxylation is 1. The summed E-state index contributed by atoms with van der Waals surface area (Å²) in [5, 5.41) is -0.0580. The zero-order valence-corrected chi connectivity index (χ0v) is 15.5. The number of hydrogen-bond donors (Lipinski definition) is 2. The summed E-state index contributed by atoms with van der Waals surface area (Å²) in [6, 6.07) is 3.44. The van der Waals surface area contributed by atoms with Crippen LogP contribution in [0.5, 0.6) is 0 Å². The van der Waals surface area contributed by atoms with Crippen LogP contribution < -0.4 is 5.30 Å². The average Bonchev–Trinajstić information content (AvgIpc) is 2.55. The quantitative estimate of drug-likeness (QED) is 0.750. The third kappa shape index (κ3) is 3.84. The Morgan fingerprint density at radius 2 is 1.44 bits per heavy atom. The molecule has 3 nitrogen and oxygen atoms in total. The van der Waals surface area contributed by atoms with E-state index in [0.717, 1.165) is 25.7 Å². The van der Waals surface area contributed by atoms with Crippen molar-refractivity contribution in [3.05, 3.63) is 28.8 Å². The summed E-state index contributed by atoms with van der Waals surface area (Å²) in [5.74, 6) is -0.927. The highest BCUT2D eigenvalue weighted by molar-refractivity contribution is 7.60. The Morgan fingerprint density at radius 3 is 1.96 bits per heavy atom. The molecule has 4 atom stereocenters. The van der Waals surface area contributed by atoms with Crippen molar-refractivity contribution in [2.75, 3.05) is 0 Å². The molecule has 2 N–H and O–H groups in total. The maximum Gasteiger partial charge on any atom is 0.356 e. The van der Waals surface area contributed by atoms with Crippen LogP contribution in [0.4, 0.5) is 8.78 Å². The minimum atomic E-state index is -4.57. The van der Waals surface area contributed by atoms with Crippen LogP contribution in [0.1, 0.15) is 79.9 Å². The van der Waals surface area contributed by atoms with E-state index in [9.17, 15) is 23.1 Å². The summed E-state index contributed by atoms with van der Waals surface area (Å²) in [5.41, 5.74) is 1.51. The minimum absolute atomic E-state index is 0.0580. The van der Waals surface area contributed by atoms with Gasteiger partial charge in [0, 0.05) is 11.8 Å². The molecule has 2 aliphatic carbocycles. The number of alkyl halides is 2. The Labute approximate surface area is 148 Å². The number of hydrogen-bond acceptors (Lipinski definition) is 1. The van der Waals surface area contributed by atoms with Gasteiger partial charge in [0.15, 0.2) is 0 Å². The maximum atomic E-state index is 14.7. The SMILES string of the molecule is Cc1ccc(C2CCCCC2F)c(C2CCCCC2F)c1P(=O)(O)O. The molecule has 4 unspecified atom stereocenters. The Balaban J connectivity index is 2.19. The van der Waals surface area contributed by atoms with Gasteiger partial charge in [-0.25, -0.2) is 8.78 Å². The molecule has 2 aliphatic rings. The summed E-state index contributed by atoms with van der Waals surface area (Å²) in [6.07, 6.45) is 3.29. The van der Waals surface area contributed by atoms with Crippen LogP contribution >= 0.6 is 7.60 Å². The van der Waals surface area contributed by atoms with Crippen LogP contribution in [-0.2, 0) is 4.57 Å². The molecule has 1 aromatic carbocycles. The molecule has 2 saturated carbocycles. The van der Waals surface area contributed by atoms with Gasteiger partial charge in [-0.05, 0) is 49.3 Å². The molecule has 0 aliphatic heterocycles. The van der Waals surface area contributed by atoms with Crippen molar-refractivity contribution in [2.24, 2.45) is 0 Å². The van der Waals surface area contributed by atoms with Crippen molar-refractivity contribution >= 4 is 12.9 Å². The van der Waals surface area contributed by atoms with Crippen molar-refractivity contribution in [1.82, 2.24) is 0 Å². The van der Waals surface area contributed by atoms with E-state index in [-0.39, 0.29) is 11.2 Å². The lowest BCUT2D eigenvalue weighted by Crippen LogP contribution is -2.30. The van der Waals surface area contributed by atoms with E-state index in [0.29, 0.717) is 42.4 Å². The van der Waals surface area contributed by atoms with E-state index in [1.807, 2.05) is 0 Å². The molecule has 140 valence electrons. The Bertz CT molecular complexity index is 673. The number of benzene rings is 1. The van der Waals surface area contributed by atoms with Crippen molar-refractivity contribution in [2.45, 2.75) is 82.5 Å². The van der Waals surface area contributed by atoms with Gasteiger partial charge in [-0.15, -0.1) is 0 Å². The summed E-state index contributed by atoms with van der Waals surface area (Å²) < 4.78 is 41.6. The Hall–Kier alpha value is -0.770. The predicted molar refractivity (Wildman–Crippen MR) is 95.1 cm³/mol. The van der Waals surface area contributed by atoms with Crippen LogP contribution in [0, 0.1) is 6.92 Å². The summed E-state index contributed by atoms with van der Waals surface area (Å²) >= 11 is 0. The van der Waals surface area contributed by atoms with Crippen LogP contribution in [0.3, 0.4) is 0 Å². The molecule has 0 radical (unpaired) electrons. The van der Waals surface area contributed by atoms with Crippen LogP contribution in [-0.4, -0.2) is 22.1 Å². The molecule has 0 aromatic heterocycles. The van der Waals surface area contributed by atoms with Gasteiger partial charge in [-0.3, -0.25) is 4.57 Å². The monoisotopic (exact) mass is 372 g/mol. The summed E-state index contributed by atoms with van der Waals surface area (Å²) in [6.45, 7) is 1.64. The first-order valence-electron chi connectivity index (χ1n) is 9.28. The molecular formula is C19H27F2O3P. The van der Waals surface area contributed by atoms with Gasteiger partial charge in [-0.1, -0.05) is 37.8 Å². The highest BCUT2D eigenvalue weighted by Crippen LogP contribution is 2.47. The molecule has 25 heavy (non-hydrogen) atoms. The van der Waals surface area contributed by atoms with Gasteiger partial charge in [0.05, 0.1) is 5.30 Å². The molecule has 0 amide bonds. The predicted octanol–water partition coefficient (Wildman–Crippen LogP) is 4.79. The number of halogens is 2. The molecule has 2 fully saturated rings. The van der Waals surface area contributed by atoms with Crippen molar-refractivity contribution in [3.8, 4) is 0 Å². The molecule has 3 rings (SSSR count). The van der Waals surface area contributed by atoms with E-state index < -0.39 is 25.9 Å². The van der Waals surface area contributed by atoms with E-state index >= 15 is 0 Å². The molecule has 6 heteroatoms. The van der Waals surface area contributed by atoms with Crippen LogP contribution in [0.2, 0.25) is 0 Å². The smallest absolute Gasteiger partial charge is 0.321 e. The van der Waals surface area contributed by atoms with Gasteiger partial charge in [0.2, 0.25) is 0 Å². The third-order valence-electron chi connectivity index (χ3n) is 5.88. The van der Waals surface area contributed by atoms with E-state index in [1.54, 1.807) is 19.1 Å². The lowest BCUT2D eigenvalue weighted by molar-refractivity contribution is 0.203. The molecular weight excluding hydrogens is 345 g/mol. The lowest BCUT2D eigenvalue weighted by atomic mass is 9.74. The Kier molecular flexibility index (Phi) is 5.67. The second-order valence-corrected chi connectivity index (χ2v) is 9.13. The largest absolute Gasteiger partial charge is 0.356 e.